The number of likely N-dealkylation sites (tertiary alicyclic amines) is 1. The van der Waals surface area contributed by atoms with Crippen LogP contribution in [-0.2, 0) is 6.42 Å². The summed E-state index contributed by atoms with van der Waals surface area (Å²) >= 11 is 0. The van der Waals surface area contributed by atoms with Gasteiger partial charge in [0.05, 0.1) is 11.5 Å². The van der Waals surface area contributed by atoms with E-state index >= 15 is 0 Å². The predicted molar refractivity (Wildman–Crippen MR) is 90.9 cm³/mol. The number of fused-ring (bicyclic) bond motifs is 1. The molecule has 2 aromatic heterocycles. The summed E-state index contributed by atoms with van der Waals surface area (Å²) in [7, 11) is 0. The number of nitriles is 1. The fourth-order valence-corrected chi connectivity index (χ4v) is 3.19. The Hall–Kier alpha value is -2.55. The SMILES string of the molecule is CC=CN1CCC[C@@H](Nc2ncnc3[nH]cc(CCC#N)c23)C1. The quantitative estimate of drug-likeness (QED) is 0.887. The van der Waals surface area contributed by atoms with Crippen LogP contribution in [0.3, 0.4) is 0 Å². The van der Waals surface area contributed by atoms with Crippen molar-refractivity contribution in [2.24, 2.45) is 0 Å². The molecule has 0 unspecified atom stereocenters. The zero-order valence-electron chi connectivity index (χ0n) is 13.4. The minimum atomic E-state index is 0.372. The number of aromatic nitrogens is 3. The van der Waals surface area contributed by atoms with Crippen molar-refractivity contribution in [2.45, 2.75) is 38.6 Å². The number of anilines is 1. The van der Waals surface area contributed by atoms with E-state index < -0.39 is 0 Å². The third kappa shape index (κ3) is 3.45. The maximum Gasteiger partial charge on any atom is 0.143 e. The summed E-state index contributed by atoms with van der Waals surface area (Å²) in [5.74, 6) is 0.872. The van der Waals surface area contributed by atoms with Crippen LogP contribution in [0.5, 0.6) is 0 Å². The van der Waals surface area contributed by atoms with Gasteiger partial charge in [-0.05, 0) is 37.9 Å². The molecule has 1 saturated heterocycles. The fraction of sp³-hybridized carbons (Fsp3) is 0.471. The van der Waals surface area contributed by atoms with Crippen LogP contribution < -0.4 is 5.32 Å². The van der Waals surface area contributed by atoms with Crippen molar-refractivity contribution >= 4 is 16.9 Å². The molecule has 1 fully saturated rings. The molecule has 0 aromatic carbocycles. The number of nitrogens with one attached hydrogen (secondary N) is 2. The molecule has 0 aliphatic carbocycles. The van der Waals surface area contributed by atoms with Gasteiger partial charge in [0.25, 0.3) is 0 Å². The number of hydrogen-bond acceptors (Lipinski definition) is 5. The molecule has 23 heavy (non-hydrogen) atoms. The van der Waals surface area contributed by atoms with Crippen molar-refractivity contribution in [3.8, 4) is 6.07 Å². The van der Waals surface area contributed by atoms with Crippen molar-refractivity contribution in [3.63, 3.8) is 0 Å². The molecule has 0 saturated carbocycles. The van der Waals surface area contributed by atoms with Crippen LogP contribution in [0.1, 0.15) is 31.7 Å². The summed E-state index contributed by atoms with van der Waals surface area (Å²) in [6.45, 7) is 4.14. The number of piperidine rings is 1. The molecule has 1 atom stereocenters. The van der Waals surface area contributed by atoms with Crippen molar-refractivity contribution in [1.29, 1.82) is 5.26 Å². The smallest absolute Gasteiger partial charge is 0.143 e. The zero-order chi connectivity index (χ0) is 16.1. The Bertz CT molecular complexity index is 726. The largest absolute Gasteiger partial charge is 0.376 e. The van der Waals surface area contributed by atoms with E-state index in [2.05, 4.69) is 43.5 Å². The second kappa shape index (κ2) is 7.14. The minimum absolute atomic E-state index is 0.372. The lowest BCUT2D eigenvalue weighted by molar-refractivity contribution is 0.290. The van der Waals surface area contributed by atoms with E-state index in [1.54, 1.807) is 6.33 Å². The van der Waals surface area contributed by atoms with Gasteiger partial charge in [-0.1, -0.05) is 6.08 Å². The van der Waals surface area contributed by atoms with Crippen molar-refractivity contribution in [2.75, 3.05) is 18.4 Å². The van der Waals surface area contributed by atoms with Gasteiger partial charge in [0.15, 0.2) is 0 Å². The van der Waals surface area contributed by atoms with Gasteiger partial charge in [0.1, 0.15) is 17.8 Å². The Morgan fingerprint density at radius 2 is 2.43 bits per heavy atom. The molecular formula is C17H22N6. The van der Waals surface area contributed by atoms with Crippen LogP contribution in [0.2, 0.25) is 0 Å². The average Bonchev–Trinajstić information content (AvgIpc) is 2.98. The van der Waals surface area contributed by atoms with Crippen molar-refractivity contribution < 1.29 is 0 Å². The van der Waals surface area contributed by atoms with Gasteiger partial charge >= 0.3 is 0 Å². The second-order valence-corrected chi connectivity index (χ2v) is 5.88. The first-order valence-electron chi connectivity index (χ1n) is 8.13. The summed E-state index contributed by atoms with van der Waals surface area (Å²) in [5, 5.41) is 13.4. The molecule has 0 amide bonds. The van der Waals surface area contributed by atoms with Gasteiger partial charge in [-0.15, -0.1) is 0 Å². The maximum absolute atomic E-state index is 8.83. The molecule has 2 N–H and O–H groups in total. The lowest BCUT2D eigenvalue weighted by Gasteiger charge is -2.32. The summed E-state index contributed by atoms with van der Waals surface area (Å²) in [6, 6.07) is 2.57. The van der Waals surface area contributed by atoms with Gasteiger partial charge in [-0.3, -0.25) is 0 Å². The molecule has 120 valence electrons. The second-order valence-electron chi connectivity index (χ2n) is 5.88. The molecule has 0 radical (unpaired) electrons. The van der Waals surface area contributed by atoms with E-state index in [-0.39, 0.29) is 0 Å². The van der Waals surface area contributed by atoms with Gasteiger partial charge in [-0.2, -0.15) is 5.26 Å². The molecule has 3 heterocycles. The maximum atomic E-state index is 8.83. The minimum Gasteiger partial charge on any atom is -0.376 e. The third-order valence-corrected chi connectivity index (χ3v) is 4.21. The molecule has 6 nitrogen and oxygen atoms in total. The highest BCUT2D eigenvalue weighted by molar-refractivity contribution is 5.90. The molecule has 1 aliphatic heterocycles. The summed E-state index contributed by atoms with van der Waals surface area (Å²) in [4.78, 5) is 14.3. The first kappa shape index (κ1) is 15.3. The first-order valence-corrected chi connectivity index (χ1v) is 8.13. The molecular weight excluding hydrogens is 288 g/mol. The van der Waals surface area contributed by atoms with Crippen LogP contribution in [-0.4, -0.2) is 39.0 Å². The summed E-state index contributed by atoms with van der Waals surface area (Å²) < 4.78 is 0. The van der Waals surface area contributed by atoms with Crippen LogP contribution in [0.4, 0.5) is 5.82 Å². The molecule has 0 bridgehead atoms. The van der Waals surface area contributed by atoms with E-state index in [0.717, 1.165) is 41.9 Å². The number of allylic oxidation sites excluding steroid dienone is 1. The Morgan fingerprint density at radius 1 is 1.52 bits per heavy atom. The topological polar surface area (TPSA) is 80.6 Å². The van der Waals surface area contributed by atoms with E-state index in [1.165, 1.54) is 6.42 Å². The van der Waals surface area contributed by atoms with Gasteiger partial charge in [0.2, 0.25) is 0 Å². The summed E-state index contributed by atoms with van der Waals surface area (Å²) in [6.07, 6.45) is 11.3. The zero-order valence-corrected chi connectivity index (χ0v) is 13.4. The number of H-pyrrole nitrogens is 1. The summed E-state index contributed by atoms with van der Waals surface area (Å²) in [5.41, 5.74) is 1.93. The number of nitrogens with zero attached hydrogens (tertiary/aromatic N) is 4. The Labute approximate surface area is 136 Å². The van der Waals surface area contributed by atoms with Gasteiger partial charge in [0, 0.05) is 31.7 Å². The molecule has 3 rings (SSSR count). The highest BCUT2D eigenvalue weighted by atomic mass is 15.2. The lowest BCUT2D eigenvalue weighted by Crippen LogP contribution is -2.39. The third-order valence-electron chi connectivity index (χ3n) is 4.21. The number of hydrogen-bond donors (Lipinski definition) is 2. The van der Waals surface area contributed by atoms with Gasteiger partial charge in [-0.25, -0.2) is 9.97 Å². The van der Waals surface area contributed by atoms with E-state index in [4.69, 9.17) is 5.26 Å². The Kier molecular flexibility index (Phi) is 4.77. The number of aryl methyl sites for hydroxylation is 1. The highest BCUT2D eigenvalue weighted by Crippen LogP contribution is 2.26. The standard InChI is InChI=1S/C17H22N6/c1-2-8-23-9-4-6-14(11-23)22-17-15-13(5-3-7-18)10-19-16(15)20-12-21-17/h2,8,10,12,14H,3-6,9,11H2,1H3,(H2,19,20,21,22)/t14-/m1/s1. The fourth-order valence-electron chi connectivity index (χ4n) is 3.19. The van der Waals surface area contributed by atoms with Crippen LogP contribution in [0.25, 0.3) is 11.0 Å². The first-order chi connectivity index (χ1) is 11.3. The Balaban J connectivity index is 1.82. The van der Waals surface area contributed by atoms with Crippen LogP contribution in [0.15, 0.2) is 24.8 Å². The highest BCUT2D eigenvalue weighted by Gasteiger charge is 2.20. The monoisotopic (exact) mass is 310 g/mol. The number of rotatable bonds is 5. The Morgan fingerprint density at radius 3 is 3.26 bits per heavy atom. The molecule has 0 spiro atoms. The molecule has 6 heteroatoms. The van der Waals surface area contributed by atoms with Gasteiger partial charge < -0.3 is 15.2 Å². The molecule has 2 aromatic rings. The predicted octanol–water partition coefficient (Wildman–Crippen LogP) is 2.82. The molecule has 1 aliphatic rings. The van der Waals surface area contributed by atoms with Crippen molar-refractivity contribution in [3.05, 3.63) is 30.4 Å². The normalized spacial score (nSPS) is 18.4. The average molecular weight is 310 g/mol. The van der Waals surface area contributed by atoms with Crippen molar-refractivity contribution in [1.82, 2.24) is 19.9 Å². The van der Waals surface area contributed by atoms with E-state index in [9.17, 15) is 0 Å². The lowest BCUT2D eigenvalue weighted by atomic mass is 10.1. The van der Waals surface area contributed by atoms with Crippen LogP contribution >= 0.6 is 0 Å². The van der Waals surface area contributed by atoms with Crippen LogP contribution in [0, 0.1) is 11.3 Å². The van der Waals surface area contributed by atoms with E-state index in [0.29, 0.717) is 18.9 Å². The van der Waals surface area contributed by atoms with E-state index in [1.807, 2.05) is 13.1 Å². The number of aromatic amines is 1.